The Morgan fingerprint density at radius 3 is 2.55 bits per heavy atom. The maximum absolute atomic E-state index is 12.8. The first-order chi connectivity index (χ1) is 9.63. The lowest BCUT2D eigenvalue weighted by molar-refractivity contribution is 0.274. The van der Waals surface area contributed by atoms with E-state index in [-0.39, 0.29) is 12.4 Å². The van der Waals surface area contributed by atoms with Gasteiger partial charge in [0.25, 0.3) is 0 Å². The van der Waals surface area contributed by atoms with E-state index in [0.29, 0.717) is 28.6 Å². The van der Waals surface area contributed by atoms with Gasteiger partial charge in [-0.15, -0.1) is 0 Å². The number of nitrogens with one attached hydrogen (secondary N) is 1. The first kappa shape index (κ1) is 14.6. The summed E-state index contributed by atoms with van der Waals surface area (Å²) in [5, 5.41) is 12.9. The van der Waals surface area contributed by atoms with E-state index in [9.17, 15) is 9.50 Å². The Labute approximate surface area is 122 Å². The molecule has 106 valence electrons. The fourth-order valence-electron chi connectivity index (χ4n) is 1.84. The molecule has 0 aliphatic rings. The minimum Gasteiger partial charge on any atom is -0.496 e. The highest BCUT2D eigenvalue weighted by Crippen LogP contribution is 2.31. The zero-order valence-corrected chi connectivity index (χ0v) is 11.7. The molecule has 0 amide bonds. The number of rotatable bonds is 5. The van der Waals surface area contributed by atoms with Crippen LogP contribution in [-0.2, 0) is 13.2 Å². The molecule has 0 aliphatic heterocycles. The fourth-order valence-corrected chi connectivity index (χ4v) is 2.10. The van der Waals surface area contributed by atoms with Gasteiger partial charge in [-0.1, -0.05) is 23.7 Å². The Morgan fingerprint density at radius 1 is 1.25 bits per heavy atom. The third-order valence-corrected chi connectivity index (χ3v) is 3.25. The highest BCUT2D eigenvalue weighted by atomic mass is 35.5. The number of halogens is 2. The summed E-state index contributed by atoms with van der Waals surface area (Å²) in [5.74, 6) is 0.305. The van der Waals surface area contributed by atoms with Gasteiger partial charge in [0, 0.05) is 18.2 Å². The predicted octanol–water partition coefficient (Wildman–Crippen LogP) is 3.59. The Bertz CT molecular complexity index is 587. The van der Waals surface area contributed by atoms with Gasteiger partial charge < -0.3 is 15.2 Å². The molecule has 0 bridgehead atoms. The van der Waals surface area contributed by atoms with Crippen molar-refractivity contribution in [3.63, 3.8) is 0 Å². The van der Waals surface area contributed by atoms with Gasteiger partial charge in [0.15, 0.2) is 0 Å². The molecule has 0 spiro atoms. The first-order valence-corrected chi connectivity index (χ1v) is 6.47. The SMILES string of the molecule is COc1cc(NCc2ccc(F)cc2)c(Cl)cc1CO. The molecule has 2 aromatic carbocycles. The second-order valence-corrected chi connectivity index (χ2v) is 4.69. The number of aliphatic hydroxyl groups excluding tert-OH is 1. The quantitative estimate of drug-likeness (QED) is 0.886. The molecule has 2 aromatic rings. The maximum Gasteiger partial charge on any atom is 0.126 e. The van der Waals surface area contributed by atoms with Crippen LogP contribution in [0.1, 0.15) is 11.1 Å². The molecule has 0 heterocycles. The van der Waals surface area contributed by atoms with Gasteiger partial charge in [0.05, 0.1) is 24.4 Å². The first-order valence-electron chi connectivity index (χ1n) is 6.09. The fraction of sp³-hybridized carbons (Fsp3) is 0.200. The summed E-state index contributed by atoms with van der Waals surface area (Å²) in [4.78, 5) is 0. The highest BCUT2D eigenvalue weighted by molar-refractivity contribution is 6.33. The Morgan fingerprint density at radius 2 is 1.95 bits per heavy atom. The third kappa shape index (κ3) is 3.40. The van der Waals surface area contributed by atoms with E-state index >= 15 is 0 Å². The molecule has 20 heavy (non-hydrogen) atoms. The van der Waals surface area contributed by atoms with Crippen molar-refractivity contribution in [1.82, 2.24) is 0 Å². The molecule has 5 heteroatoms. The van der Waals surface area contributed by atoms with Crippen LogP contribution >= 0.6 is 11.6 Å². The van der Waals surface area contributed by atoms with Crippen LogP contribution in [0.4, 0.5) is 10.1 Å². The standard InChI is InChI=1S/C15H15ClFNO2/c1-20-15-7-14(13(16)6-11(15)9-19)18-8-10-2-4-12(17)5-3-10/h2-7,18-19H,8-9H2,1H3. The second-order valence-electron chi connectivity index (χ2n) is 4.28. The second kappa shape index (κ2) is 6.59. The molecule has 0 radical (unpaired) electrons. The normalized spacial score (nSPS) is 10.4. The zero-order chi connectivity index (χ0) is 14.5. The molecule has 3 nitrogen and oxygen atoms in total. The van der Waals surface area contributed by atoms with E-state index < -0.39 is 0 Å². The lowest BCUT2D eigenvalue weighted by Crippen LogP contribution is -2.02. The maximum atomic E-state index is 12.8. The predicted molar refractivity (Wildman–Crippen MR) is 77.7 cm³/mol. The largest absolute Gasteiger partial charge is 0.496 e. The summed E-state index contributed by atoms with van der Waals surface area (Å²) in [6.45, 7) is 0.378. The molecule has 0 unspecified atom stereocenters. The van der Waals surface area contributed by atoms with Crippen LogP contribution < -0.4 is 10.1 Å². The number of hydrogen-bond acceptors (Lipinski definition) is 3. The van der Waals surface area contributed by atoms with Gasteiger partial charge in [-0.25, -0.2) is 4.39 Å². The summed E-state index contributed by atoms with van der Waals surface area (Å²) in [6.07, 6.45) is 0. The topological polar surface area (TPSA) is 41.5 Å². The molecule has 2 rings (SSSR count). The van der Waals surface area contributed by atoms with E-state index in [1.807, 2.05) is 0 Å². The van der Waals surface area contributed by atoms with Crippen molar-refractivity contribution in [1.29, 1.82) is 0 Å². The summed E-state index contributed by atoms with van der Waals surface area (Å²) in [5.41, 5.74) is 2.27. The number of benzene rings is 2. The number of ether oxygens (including phenoxy) is 1. The Kier molecular flexibility index (Phi) is 4.82. The highest BCUT2D eigenvalue weighted by Gasteiger charge is 2.08. The number of anilines is 1. The van der Waals surface area contributed by atoms with Gasteiger partial charge in [-0.05, 0) is 23.8 Å². The van der Waals surface area contributed by atoms with Gasteiger partial charge in [0.2, 0.25) is 0 Å². The average Bonchev–Trinajstić information content (AvgIpc) is 2.47. The van der Waals surface area contributed by atoms with Gasteiger partial charge in [-0.2, -0.15) is 0 Å². The third-order valence-electron chi connectivity index (χ3n) is 2.94. The van der Waals surface area contributed by atoms with Gasteiger partial charge >= 0.3 is 0 Å². The Balaban J connectivity index is 2.14. The molecule has 0 aliphatic carbocycles. The van der Waals surface area contributed by atoms with Crippen molar-refractivity contribution in [3.8, 4) is 5.75 Å². The molecular weight excluding hydrogens is 281 g/mol. The van der Waals surface area contributed by atoms with Crippen LogP contribution in [0.3, 0.4) is 0 Å². The van der Waals surface area contributed by atoms with Crippen molar-refractivity contribution in [3.05, 3.63) is 58.4 Å². The number of aliphatic hydroxyl groups is 1. The molecule has 0 atom stereocenters. The van der Waals surface area contributed by atoms with Crippen LogP contribution in [0.15, 0.2) is 36.4 Å². The molecule has 0 fully saturated rings. The smallest absolute Gasteiger partial charge is 0.126 e. The molecule has 0 aromatic heterocycles. The van der Waals surface area contributed by atoms with E-state index in [4.69, 9.17) is 16.3 Å². The van der Waals surface area contributed by atoms with Crippen molar-refractivity contribution in [2.24, 2.45) is 0 Å². The van der Waals surface area contributed by atoms with E-state index in [1.54, 1.807) is 24.3 Å². The van der Waals surface area contributed by atoms with Gasteiger partial charge in [-0.3, -0.25) is 0 Å². The van der Waals surface area contributed by atoms with E-state index in [2.05, 4.69) is 5.32 Å². The lowest BCUT2D eigenvalue weighted by atomic mass is 10.1. The summed E-state index contributed by atoms with van der Waals surface area (Å²) >= 11 is 6.14. The minimum atomic E-state index is -0.263. The van der Waals surface area contributed by atoms with Gasteiger partial charge in [0.1, 0.15) is 11.6 Å². The van der Waals surface area contributed by atoms with Crippen molar-refractivity contribution in [2.45, 2.75) is 13.2 Å². The van der Waals surface area contributed by atoms with Crippen molar-refractivity contribution >= 4 is 17.3 Å². The summed E-state index contributed by atoms with van der Waals surface area (Å²) < 4.78 is 18.0. The van der Waals surface area contributed by atoms with Crippen LogP contribution in [0.25, 0.3) is 0 Å². The van der Waals surface area contributed by atoms with E-state index in [0.717, 1.165) is 5.56 Å². The number of methoxy groups -OCH3 is 1. The number of hydrogen-bond donors (Lipinski definition) is 2. The molecule has 0 saturated carbocycles. The molecular formula is C15H15ClFNO2. The Hall–Kier alpha value is -1.78. The van der Waals surface area contributed by atoms with Crippen LogP contribution in [-0.4, -0.2) is 12.2 Å². The summed E-state index contributed by atoms with van der Waals surface area (Å²) in [6, 6.07) is 9.62. The van der Waals surface area contributed by atoms with Crippen LogP contribution in [0.5, 0.6) is 5.75 Å². The lowest BCUT2D eigenvalue weighted by Gasteiger charge is -2.13. The van der Waals surface area contributed by atoms with Crippen LogP contribution in [0, 0.1) is 5.82 Å². The van der Waals surface area contributed by atoms with Crippen molar-refractivity contribution < 1.29 is 14.2 Å². The van der Waals surface area contributed by atoms with Crippen molar-refractivity contribution in [2.75, 3.05) is 12.4 Å². The minimum absolute atomic E-state index is 0.138. The van der Waals surface area contributed by atoms with Crippen LogP contribution in [0.2, 0.25) is 5.02 Å². The monoisotopic (exact) mass is 295 g/mol. The summed E-state index contributed by atoms with van der Waals surface area (Å²) in [7, 11) is 1.53. The average molecular weight is 296 g/mol. The molecule has 0 saturated heterocycles. The molecule has 2 N–H and O–H groups in total. The zero-order valence-electron chi connectivity index (χ0n) is 11.0. The van der Waals surface area contributed by atoms with E-state index in [1.165, 1.54) is 19.2 Å².